The lowest BCUT2D eigenvalue weighted by Gasteiger charge is -2.34. The van der Waals surface area contributed by atoms with Crippen LogP contribution in [0, 0.1) is 13.8 Å². The molecule has 1 N–H and O–H groups in total. The monoisotopic (exact) mass is 495 g/mol. The van der Waals surface area contributed by atoms with Crippen LogP contribution in [-0.2, 0) is 4.74 Å². The average Bonchev–Trinajstić information content (AvgIpc) is 3.45. The fourth-order valence-corrected chi connectivity index (χ4v) is 5.00. The molecule has 10 heteroatoms. The van der Waals surface area contributed by atoms with Crippen molar-refractivity contribution in [2.75, 3.05) is 37.0 Å². The van der Waals surface area contributed by atoms with E-state index in [1.165, 1.54) is 0 Å². The molecule has 1 aliphatic heterocycles. The Kier molecular flexibility index (Phi) is 5.80. The van der Waals surface area contributed by atoms with Crippen LogP contribution in [0.15, 0.2) is 54.9 Å². The number of ether oxygens (including phenoxy) is 1. The van der Waals surface area contributed by atoms with Crippen LogP contribution in [0.3, 0.4) is 0 Å². The summed E-state index contributed by atoms with van der Waals surface area (Å²) in [6.07, 6.45) is 3.57. The number of aromatic nitrogens is 7. The van der Waals surface area contributed by atoms with Gasteiger partial charge >= 0.3 is 0 Å². The van der Waals surface area contributed by atoms with Crippen molar-refractivity contribution in [2.24, 2.45) is 0 Å². The molecule has 5 aromatic rings. The summed E-state index contributed by atoms with van der Waals surface area (Å²) in [5, 5.41) is 8.05. The molecule has 0 saturated carbocycles. The summed E-state index contributed by atoms with van der Waals surface area (Å²) >= 11 is 0. The Balaban J connectivity index is 1.58. The van der Waals surface area contributed by atoms with Gasteiger partial charge in [0, 0.05) is 31.4 Å². The molecule has 1 aliphatic rings. The zero-order valence-electron chi connectivity index (χ0n) is 21.4. The fraction of sp³-hybridized carbons (Fsp3) is 0.296. The van der Waals surface area contributed by atoms with Crippen LogP contribution in [0.4, 0.5) is 11.8 Å². The van der Waals surface area contributed by atoms with Gasteiger partial charge < -0.3 is 15.0 Å². The molecular formula is C27H29N9O. The Morgan fingerprint density at radius 1 is 1.05 bits per heavy atom. The largest absolute Gasteiger partial charge is 0.377 e. The van der Waals surface area contributed by atoms with Gasteiger partial charge in [-0.2, -0.15) is 10.1 Å². The summed E-state index contributed by atoms with van der Waals surface area (Å²) in [4.78, 5) is 21.5. The number of imidazole rings is 1. The number of hydrogen-bond donors (Lipinski definition) is 1. The topological polar surface area (TPSA) is 98.8 Å². The molecule has 188 valence electrons. The summed E-state index contributed by atoms with van der Waals surface area (Å²) in [6.45, 7) is 8.30. The van der Waals surface area contributed by atoms with Gasteiger partial charge in [0.25, 0.3) is 0 Å². The standard InChI is InChI=1S/C27H29N9O/c1-17-16-37-13-12-34(17)24-14-22(25-18(2)33-36(19(25)3)20-8-7-11-29-15-20)31-27(32-24)35-23-10-6-5-9-21(23)30-26(35)28-4/h5-11,14-15,17H,12-13,16H2,1-4H3,(H,28,30)/t17-/m1/s1. The average molecular weight is 496 g/mol. The zero-order chi connectivity index (χ0) is 25.5. The highest BCUT2D eigenvalue weighted by molar-refractivity contribution is 5.81. The first-order valence-electron chi connectivity index (χ1n) is 12.4. The van der Waals surface area contributed by atoms with Crippen molar-refractivity contribution in [2.45, 2.75) is 26.8 Å². The van der Waals surface area contributed by atoms with Crippen LogP contribution in [0.5, 0.6) is 0 Å². The van der Waals surface area contributed by atoms with E-state index in [9.17, 15) is 0 Å². The number of benzene rings is 1. The van der Waals surface area contributed by atoms with Crippen LogP contribution in [0.2, 0.25) is 0 Å². The van der Waals surface area contributed by atoms with Crippen molar-refractivity contribution >= 4 is 22.8 Å². The Labute approximate surface area is 215 Å². The Bertz CT molecular complexity index is 1570. The second kappa shape index (κ2) is 9.29. The maximum Gasteiger partial charge on any atom is 0.239 e. The molecule has 10 nitrogen and oxygen atoms in total. The van der Waals surface area contributed by atoms with Gasteiger partial charge in [-0.05, 0) is 45.0 Å². The Hall–Kier alpha value is -4.31. The third-order valence-electron chi connectivity index (χ3n) is 6.79. The number of hydrogen-bond acceptors (Lipinski definition) is 8. The van der Waals surface area contributed by atoms with Crippen molar-refractivity contribution in [1.29, 1.82) is 0 Å². The first-order valence-corrected chi connectivity index (χ1v) is 12.4. The molecule has 37 heavy (non-hydrogen) atoms. The highest BCUT2D eigenvalue weighted by Crippen LogP contribution is 2.32. The first-order chi connectivity index (χ1) is 18.0. The number of nitrogens with zero attached hydrogens (tertiary/aromatic N) is 8. The fourth-order valence-electron chi connectivity index (χ4n) is 5.00. The molecule has 0 unspecified atom stereocenters. The summed E-state index contributed by atoms with van der Waals surface area (Å²) in [5.74, 6) is 2.08. The molecule has 1 aromatic carbocycles. The van der Waals surface area contributed by atoms with E-state index >= 15 is 0 Å². The van der Waals surface area contributed by atoms with Gasteiger partial charge in [-0.1, -0.05) is 12.1 Å². The third kappa shape index (κ3) is 3.99. The van der Waals surface area contributed by atoms with E-state index in [1.807, 2.05) is 65.8 Å². The second-order valence-electron chi connectivity index (χ2n) is 9.21. The lowest BCUT2D eigenvalue weighted by molar-refractivity contribution is 0.0985. The lowest BCUT2D eigenvalue weighted by atomic mass is 10.1. The maximum atomic E-state index is 5.71. The minimum absolute atomic E-state index is 0.188. The molecular weight excluding hydrogens is 466 g/mol. The van der Waals surface area contributed by atoms with E-state index < -0.39 is 0 Å². The van der Waals surface area contributed by atoms with E-state index in [4.69, 9.17) is 24.8 Å². The molecule has 5 heterocycles. The van der Waals surface area contributed by atoms with Gasteiger partial charge in [0.15, 0.2) is 0 Å². The number of fused-ring (bicyclic) bond motifs is 1. The molecule has 0 radical (unpaired) electrons. The zero-order valence-corrected chi connectivity index (χ0v) is 21.4. The highest BCUT2D eigenvalue weighted by Gasteiger charge is 2.25. The van der Waals surface area contributed by atoms with E-state index in [2.05, 4.69) is 35.1 Å². The molecule has 0 spiro atoms. The van der Waals surface area contributed by atoms with Crippen LogP contribution in [0.25, 0.3) is 33.9 Å². The van der Waals surface area contributed by atoms with E-state index in [0.29, 0.717) is 25.1 Å². The molecule has 0 aliphatic carbocycles. The number of aryl methyl sites for hydroxylation is 1. The molecule has 6 rings (SSSR count). The first kappa shape index (κ1) is 23.1. The van der Waals surface area contributed by atoms with Crippen molar-refractivity contribution < 1.29 is 4.74 Å². The predicted molar refractivity (Wildman–Crippen MR) is 144 cm³/mol. The van der Waals surface area contributed by atoms with Crippen molar-refractivity contribution in [3.8, 4) is 22.9 Å². The highest BCUT2D eigenvalue weighted by atomic mass is 16.5. The van der Waals surface area contributed by atoms with Crippen molar-refractivity contribution in [3.63, 3.8) is 0 Å². The van der Waals surface area contributed by atoms with Gasteiger partial charge in [-0.15, -0.1) is 0 Å². The number of rotatable bonds is 5. The van der Waals surface area contributed by atoms with E-state index in [0.717, 1.165) is 51.7 Å². The summed E-state index contributed by atoms with van der Waals surface area (Å²) < 4.78 is 9.60. The van der Waals surface area contributed by atoms with E-state index in [1.54, 1.807) is 6.20 Å². The van der Waals surface area contributed by atoms with Crippen LogP contribution in [-0.4, -0.2) is 67.1 Å². The predicted octanol–water partition coefficient (Wildman–Crippen LogP) is 3.95. The molecule has 0 bridgehead atoms. The van der Waals surface area contributed by atoms with Crippen LogP contribution < -0.4 is 10.2 Å². The summed E-state index contributed by atoms with van der Waals surface area (Å²) in [6, 6.07) is 14.2. The number of pyridine rings is 1. The second-order valence-corrected chi connectivity index (χ2v) is 9.21. The molecule has 0 amide bonds. The maximum absolute atomic E-state index is 5.71. The quantitative estimate of drug-likeness (QED) is 0.391. The van der Waals surface area contributed by atoms with Crippen LogP contribution >= 0.6 is 0 Å². The smallest absolute Gasteiger partial charge is 0.239 e. The van der Waals surface area contributed by atoms with Gasteiger partial charge in [-0.3, -0.25) is 4.98 Å². The summed E-state index contributed by atoms with van der Waals surface area (Å²) in [7, 11) is 1.86. The normalized spacial score (nSPS) is 15.9. The number of morpholine rings is 1. The van der Waals surface area contributed by atoms with Crippen molar-refractivity contribution in [3.05, 3.63) is 66.2 Å². The van der Waals surface area contributed by atoms with Crippen LogP contribution in [0.1, 0.15) is 18.3 Å². The Morgan fingerprint density at radius 3 is 2.70 bits per heavy atom. The minimum atomic E-state index is 0.188. The lowest BCUT2D eigenvalue weighted by Crippen LogP contribution is -2.44. The molecule has 4 aromatic heterocycles. The number of para-hydroxylation sites is 2. The van der Waals surface area contributed by atoms with Gasteiger partial charge in [0.1, 0.15) is 5.82 Å². The molecule has 1 atom stereocenters. The minimum Gasteiger partial charge on any atom is -0.377 e. The number of nitrogens with one attached hydrogen (secondary N) is 1. The van der Waals surface area contributed by atoms with Gasteiger partial charge in [-0.25, -0.2) is 19.2 Å². The van der Waals surface area contributed by atoms with Gasteiger partial charge in [0.05, 0.1) is 59.3 Å². The molecule has 1 saturated heterocycles. The Morgan fingerprint density at radius 2 is 1.92 bits per heavy atom. The van der Waals surface area contributed by atoms with Crippen molar-refractivity contribution in [1.82, 2.24) is 34.3 Å². The summed E-state index contributed by atoms with van der Waals surface area (Å²) in [5.41, 5.74) is 6.37. The van der Waals surface area contributed by atoms with E-state index in [-0.39, 0.29) is 6.04 Å². The molecule has 1 fully saturated rings. The number of anilines is 2. The SMILES string of the molecule is CNc1nc2ccccc2n1-c1nc(-c2c(C)nn(-c3cccnc3)c2C)cc(N2CCOC[C@H]2C)n1. The third-order valence-corrected chi connectivity index (χ3v) is 6.79. The van der Waals surface area contributed by atoms with Gasteiger partial charge in [0.2, 0.25) is 11.9 Å².